The van der Waals surface area contributed by atoms with Crippen molar-refractivity contribution in [1.29, 1.82) is 0 Å². The Morgan fingerprint density at radius 3 is 2.29 bits per heavy atom. The molecule has 1 rings (SSSR count). The van der Waals surface area contributed by atoms with Crippen LogP contribution in [-0.2, 0) is 14.8 Å². The van der Waals surface area contributed by atoms with Gasteiger partial charge in [0.05, 0.1) is 5.02 Å². The van der Waals surface area contributed by atoms with E-state index in [2.05, 4.69) is 5.32 Å². The van der Waals surface area contributed by atoms with Crippen molar-refractivity contribution in [2.24, 2.45) is 5.14 Å². The van der Waals surface area contributed by atoms with Crippen molar-refractivity contribution in [2.45, 2.75) is 37.8 Å². The number of hydrogen-bond acceptors (Lipinski definition) is 4. The van der Waals surface area contributed by atoms with E-state index < -0.39 is 16.1 Å². The average Bonchev–Trinajstić information content (AvgIpc) is 2.32. The van der Waals surface area contributed by atoms with Crippen LogP contribution in [0.25, 0.3) is 0 Å². The van der Waals surface area contributed by atoms with Crippen molar-refractivity contribution >= 4 is 39.1 Å². The lowest BCUT2D eigenvalue weighted by molar-refractivity contribution is -0.127. The monoisotopic (exact) mass is 354 g/mol. The maximum absolute atomic E-state index is 11.8. The number of hydrogen-bond donors (Lipinski definition) is 2. The number of carbonyl (C=O) groups excluding carboxylic acids is 1. The Bertz CT molecular complexity index is 647. The maximum Gasteiger partial charge on any atom is 0.260 e. The molecule has 0 radical (unpaired) electrons. The van der Waals surface area contributed by atoms with Gasteiger partial charge in [0.1, 0.15) is 15.7 Å². The first-order valence-corrected chi connectivity index (χ1v) is 8.32. The van der Waals surface area contributed by atoms with Crippen molar-refractivity contribution in [3.05, 3.63) is 22.2 Å². The zero-order chi connectivity index (χ0) is 16.4. The minimum absolute atomic E-state index is 0.0348. The van der Waals surface area contributed by atoms with Crippen molar-refractivity contribution in [3.63, 3.8) is 0 Å². The number of nitrogens with one attached hydrogen (secondary N) is 1. The minimum Gasteiger partial charge on any atom is -0.479 e. The summed E-state index contributed by atoms with van der Waals surface area (Å²) in [7, 11) is -3.98. The molecule has 3 N–H and O–H groups in total. The molecular formula is C12H16Cl2N2O4S. The smallest absolute Gasteiger partial charge is 0.260 e. The van der Waals surface area contributed by atoms with E-state index in [-0.39, 0.29) is 32.6 Å². The van der Waals surface area contributed by atoms with Crippen LogP contribution in [-0.4, -0.2) is 26.5 Å². The summed E-state index contributed by atoms with van der Waals surface area (Å²) < 4.78 is 28.0. The van der Waals surface area contributed by atoms with Crippen molar-refractivity contribution in [2.75, 3.05) is 0 Å². The number of halogens is 2. The normalized spacial score (nSPS) is 13.1. The maximum atomic E-state index is 11.8. The summed E-state index contributed by atoms with van der Waals surface area (Å²) in [6, 6.07) is 2.44. The third-order valence-corrected chi connectivity index (χ3v) is 4.35. The third kappa shape index (κ3) is 4.74. The molecule has 1 amide bonds. The van der Waals surface area contributed by atoms with Crippen LogP contribution >= 0.6 is 23.2 Å². The number of benzene rings is 1. The van der Waals surface area contributed by atoms with Crippen LogP contribution in [0.15, 0.2) is 17.0 Å². The van der Waals surface area contributed by atoms with Gasteiger partial charge in [-0.3, -0.25) is 4.79 Å². The number of sulfonamides is 1. The molecule has 1 aromatic carbocycles. The van der Waals surface area contributed by atoms with E-state index in [9.17, 15) is 13.2 Å². The molecule has 6 nitrogen and oxygen atoms in total. The van der Waals surface area contributed by atoms with E-state index in [0.717, 1.165) is 0 Å². The Hall–Kier alpha value is -1.02. The van der Waals surface area contributed by atoms with Crippen LogP contribution < -0.4 is 15.2 Å². The summed E-state index contributed by atoms with van der Waals surface area (Å²) in [6.45, 7) is 5.17. The largest absolute Gasteiger partial charge is 0.479 e. The number of primary sulfonamides is 1. The van der Waals surface area contributed by atoms with E-state index in [1.54, 1.807) is 0 Å². The second-order valence-corrected chi connectivity index (χ2v) is 6.94. The minimum atomic E-state index is -3.98. The molecule has 0 spiro atoms. The molecular weight excluding hydrogens is 339 g/mol. The van der Waals surface area contributed by atoms with Gasteiger partial charge in [-0.05, 0) is 32.9 Å². The first-order chi connectivity index (χ1) is 9.54. The van der Waals surface area contributed by atoms with Gasteiger partial charge in [0, 0.05) is 6.04 Å². The lowest BCUT2D eigenvalue weighted by Crippen LogP contribution is -2.40. The Kier molecular flexibility index (Phi) is 5.86. The molecule has 1 atom stereocenters. The highest BCUT2D eigenvalue weighted by Gasteiger charge is 2.21. The zero-order valence-electron chi connectivity index (χ0n) is 11.7. The SMILES string of the molecule is CC(C)NC(=O)C(C)Oc1ccc(S(N)(=O)=O)c(Cl)c1Cl. The fourth-order valence-corrected chi connectivity index (χ4v) is 2.82. The number of ether oxygens (including phenoxy) is 1. The lowest BCUT2D eigenvalue weighted by atomic mass is 10.3. The molecule has 118 valence electrons. The standard InChI is InChI=1S/C12H16Cl2N2O4S/c1-6(2)16-12(17)7(3)20-8-4-5-9(21(15,18)19)11(14)10(8)13/h4-7H,1-3H3,(H,16,17)(H2,15,18,19). The number of amides is 1. The quantitative estimate of drug-likeness (QED) is 0.843. The molecule has 0 fully saturated rings. The van der Waals surface area contributed by atoms with Gasteiger partial charge in [-0.2, -0.15) is 0 Å². The van der Waals surface area contributed by atoms with Crippen LogP contribution in [0, 0.1) is 0 Å². The van der Waals surface area contributed by atoms with Gasteiger partial charge in [0.15, 0.2) is 6.10 Å². The fourth-order valence-electron chi connectivity index (χ4n) is 1.47. The van der Waals surface area contributed by atoms with Crippen LogP contribution in [0.1, 0.15) is 20.8 Å². The van der Waals surface area contributed by atoms with E-state index in [1.165, 1.54) is 19.1 Å². The highest BCUT2D eigenvalue weighted by molar-refractivity contribution is 7.89. The molecule has 1 aromatic rings. The Balaban J connectivity index is 3.02. The highest BCUT2D eigenvalue weighted by Crippen LogP contribution is 2.36. The molecule has 0 aliphatic carbocycles. The van der Waals surface area contributed by atoms with E-state index in [0.29, 0.717) is 0 Å². The first kappa shape index (κ1) is 18.0. The van der Waals surface area contributed by atoms with Crippen LogP contribution in [0.2, 0.25) is 10.0 Å². The molecule has 0 saturated heterocycles. The van der Waals surface area contributed by atoms with Crippen LogP contribution in [0.3, 0.4) is 0 Å². The second kappa shape index (κ2) is 6.83. The number of rotatable bonds is 5. The molecule has 0 aliphatic rings. The van der Waals surface area contributed by atoms with Crippen molar-refractivity contribution in [3.8, 4) is 5.75 Å². The fraction of sp³-hybridized carbons (Fsp3) is 0.417. The molecule has 9 heteroatoms. The summed E-state index contributed by atoms with van der Waals surface area (Å²) in [6.07, 6.45) is -0.818. The van der Waals surface area contributed by atoms with Crippen LogP contribution in [0.5, 0.6) is 5.75 Å². The number of nitrogens with two attached hydrogens (primary N) is 1. The summed E-state index contributed by atoms with van der Waals surface area (Å²) >= 11 is 11.8. The zero-order valence-corrected chi connectivity index (χ0v) is 14.0. The second-order valence-electron chi connectivity index (χ2n) is 4.66. The Morgan fingerprint density at radius 1 is 1.24 bits per heavy atom. The molecule has 0 heterocycles. The molecule has 0 saturated carbocycles. The summed E-state index contributed by atoms with van der Waals surface area (Å²) in [5, 5.41) is 7.32. The van der Waals surface area contributed by atoms with Crippen LogP contribution in [0.4, 0.5) is 0 Å². The van der Waals surface area contributed by atoms with Crippen molar-refractivity contribution in [1.82, 2.24) is 5.32 Å². The molecule has 1 unspecified atom stereocenters. The summed E-state index contributed by atoms with van der Waals surface area (Å²) in [5.74, 6) is -0.229. The third-order valence-electron chi connectivity index (χ3n) is 2.42. The van der Waals surface area contributed by atoms with E-state index in [1.807, 2.05) is 13.8 Å². The van der Waals surface area contributed by atoms with Gasteiger partial charge >= 0.3 is 0 Å². The summed E-state index contributed by atoms with van der Waals surface area (Å²) in [4.78, 5) is 11.4. The predicted molar refractivity (Wildman–Crippen MR) is 81.2 cm³/mol. The Morgan fingerprint density at radius 2 is 1.81 bits per heavy atom. The molecule has 0 bridgehead atoms. The first-order valence-electron chi connectivity index (χ1n) is 6.02. The summed E-state index contributed by atoms with van der Waals surface area (Å²) in [5.41, 5.74) is 0. The number of carbonyl (C=O) groups is 1. The van der Waals surface area contributed by atoms with Gasteiger partial charge in [0.25, 0.3) is 5.91 Å². The van der Waals surface area contributed by atoms with E-state index in [4.69, 9.17) is 33.1 Å². The Labute approximate surface area is 133 Å². The van der Waals surface area contributed by atoms with Gasteiger partial charge < -0.3 is 10.1 Å². The lowest BCUT2D eigenvalue weighted by Gasteiger charge is -2.18. The van der Waals surface area contributed by atoms with E-state index >= 15 is 0 Å². The molecule has 21 heavy (non-hydrogen) atoms. The molecule has 0 aliphatic heterocycles. The van der Waals surface area contributed by atoms with Gasteiger partial charge in [-0.25, -0.2) is 13.6 Å². The van der Waals surface area contributed by atoms with Gasteiger partial charge in [-0.1, -0.05) is 23.2 Å². The highest BCUT2D eigenvalue weighted by atomic mass is 35.5. The van der Waals surface area contributed by atoms with Crippen molar-refractivity contribution < 1.29 is 17.9 Å². The predicted octanol–water partition coefficient (Wildman–Crippen LogP) is 1.93. The average molecular weight is 355 g/mol. The van der Waals surface area contributed by atoms with Gasteiger partial charge in [-0.15, -0.1) is 0 Å². The van der Waals surface area contributed by atoms with Gasteiger partial charge in [0.2, 0.25) is 10.0 Å². The molecule has 0 aromatic heterocycles. The topological polar surface area (TPSA) is 98.5 Å².